The SMILES string of the molecule is OCC1(c2ccc(Cl)cc2)CCN(CCC(c2ccccc2)(c2ccccc2)c2ccccc2)CC1. The number of benzene rings is 4. The highest BCUT2D eigenvalue weighted by atomic mass is 35.5. The van der Waals surface area contributed by atoms with Gasteiger partial charge in [0.1, 0.15) is 0 Å². The highest BCUT2D eigenvalue weighted by Crippen LogP contribution is 2.43. The van der Waals surface area contributed by atoms with Crippen LogP contribution in [0.4, 0.5) is 0 Å². The van der Waals surface area contributed by atoms with Crippen molar-refractivity contribution in [1.82, 2.24) is 4.90 Å². The van der Waals surface area contributed by atoms with Crippen LogP contribution in [0, 0.1) is 0 Å². The van der Waals surface area contributed by atoms with E-state index < -0.39 is 0 Å². The molecule has 1 aliphatic heterocycles. The lowest BCUT2D eigenvalue weighted by Gasteiger charge is -2.43. The summed E-state index contributed by atoms with van der Waals surface area (Å²) in [4.78, 5) is 2.58. The van der Waals surface area contributed by atoms with E-state index in [2.05, 4.69) is 108 Å². The summed E-state index contributed by atoms with van der Waals surface area (Å²) in [6.45, 7) is 3.10. The fourth-order valence-corrected chi connectivity index (χ4v) is 6.10. The molecule has 0 radical (unpaired) electrons. The summed E-state index contributed by atoms with van der Waals surface area (Å²) in [5, 5.41) is 11.1. The Kier molecular flexibility index (Phi) is 7.57. The predicted octanol–water partition coefficient (Wildman–Crippen LogP) is 7.09. The van der Waals surface area contributed by atoms with Crippen LogP contribution in [0.15, 0.2) is 115 Å². The van der Waals surface area contributed by atoms with Crippen molar-refractivity contribution in [2.45, 2.75) is 30.1 Å². The smallest absolute Gasteiger partial charge is 0.0528 e. The summed E-state index contributed by atoms with van der Waals surface area (Å²) in [5.41, 5.74) is 4.75. The van der Waals surface area contributed by atoms with Crippen molar-refractivity contribution in [3.63, 3.8) is 0 Å². The van der Waals surface area contributed by atoms with Gasteiger partial charge >= 0.3 is 0 Å². The van der Waals surface area contributed by atoms with Crippen molar-refractivity contribution >= 4 is 11.6 Å². The monoisotopic (exact) mass is 495 g/mol. The molecule has 0 atom stereocenters. The third kappa shape index (κ3) is 4.86. The molecule has 1 heterocycles. The average Bonchev–Trinajstić information content (AvgIpc) is 2.96. The van der Waals surface area contributed by atoms with Crippen LogP contribution in [-0.4, -0.2) is 36.2 Å². The van der Waals surface area contributed by atoms with Crippen LogP contribution in [0.1, 0.15) is 41.5 Å². The Hall–Kier alpha value is -2.91. The molecule has 0 spiro atoms. The lowest BCUT2D eigenvalue weighted by atomic mass is 9.67. The molecule has 0 aromatic heterocycles. The van der Waals surface area contributed by atoms with E-state index in [1.54, 1.807) is 0 Å². The van der Waals surface area contributed by atoms with Gasteiger partial charge in [0.15, 0.2) is 0 Å². The van der Waals surface area contributed by atoms with Crippen LogP contribution in [0.2, 0.25) is 5.02 Å². The molecule has 184 valence electrons. The molecule has 4 aromatic carbocycles. The molecule has 0 saturated carbocycles. The van der Waals surface area contributed by atoms with E-state index in [-0.39, 0.29) is 17.4 Å². The predicted molar refractivity (Wildman–Crippen MR) is 150 cm³/mol. The maximum Gasteiger partial charge on any atom is 0.0528 e. The Morgan fingerprint density at radius 3 is 1.53 bits per heavy atom. The molecule has 0 bridgehead atoms. The van der Waals surface area contributed by atoms with Crippen LogP contribution < -0.4 is 0 Å². The Bertz CT molecular complexity index is 1120. The fraction of sp³-hybridized carbons (Fsp3) is 0.273. The van der Waals surface area contributed by atoms with Gasteiger partial charge < -0.3 is 10.0 Å². The number of rotatable bonds is 8. The van der Waals surface area contributed by atoms with Gasteiger partial charge in [-0.2, -0.15) is 0 Å². The second kappa shape index (κ2) is 11.0. The number of hydrogen-bond donors (Lipinski definition) is 1. The van der Waals surface area contributed by atoms with Gasteiger partial charge in [-0.3, -0.25) is 0 Å². The molecule has 3 heteroatoms. The lowest BCUT2D eigenvalue weighted by molar-refractivity contribution is 0.0983. The topological polar surface area (TPSA) is 23.5 Å². The summed E-state index contributed by atoms with van der Waals surface area (Å²) >= 11 is 6.13. The molecule has 4 aromatic rings. The molecule has 1 saturated heterocycles. The zero-order chi connectivity index (χ0) is 24.8. The van der Waals surface area contributed by atoms with E-state index >= 15 is 0 Å². The van der Waals surface area contributed by atoms with Crippen LogP contribution >= 0.6 is 11.6 Å². The van der Waals surface area contributed by atoms with Gasteiger partial charge in [0.25, 0.3) is 0 Å². The number of halogens is 1. The first kappa shape index (κ1) is 24.8. The molecule has 1 fully saturated rings. The molecule has 2 nitrogen and oxygen atoms in total. The molecule has 1 N–H and O–H groups in total. The largest absolute Gasteiger partial charge is 0.395 e. The second-order valence-electron chi connectivity index (χ2n) is 10.0. The van der Waals surface area contributed by atoms with Gasteiger partial charge in [0.05, 0.1) is 6.61 Å². The molecule has 5 rings (SSSR count). The second-order valence-corrected chi connectivity index (χ2v) is 10.5. The number of aliphatic hydroxyl groups is 1. The minimum atomic E-state index is -0.231. The van der Waals surface area contributed by atoms with Crippen molar-refractivity contribution < 1.29 is 5.11 Å². The Morgan fingerprint density at radius 1 is 0.667 bits per heavy atom. The van der Waals surface area contributed by atoms with Crippen LogP contribution in [0.5, 0.6) is 0 Å². The first-order valence-electron chi connectivity index (χ1n) is 12.9. The molecular formula is C33H34ClNO. The molecule has 0 amide bonds. The number of aliphatic hydroxyl groups excluding tert-OH is 1. The highest BCUT2D eigenvalue weighted by Gasteiger charge is 2.39. The summed E-state index contributed by atoms with van der Waals surface area (Å²) in [6.07, 6.45) is 2.87. The molecule has 1 aliphatic rings. The average molecular weight is 496 g/mol. The van der Waals surface area contributed by atoms with Crippen molar-refractivity contribution in [2.75, 3.05) is 26.2 Å². The normalized spacial score (nSPS) is 16.1. The Balaban J connectivity index is 1.43. The zero-order valence-corrected chi connectivity index (χ0v) is 21.4. The summed E-state index contributed by atoms with van der Waals surface area (Å²) in [6, 6.07) is 40.9. The van der Waals surface area contributed by atoms with Crippen molar-refractivity contribution in [3.05, 3.63) is 143 Å². The number of nitrogens with zero attached hydrogens (tertiary/aromatic N) is 1. The maximum absolute atomic E-state index is 10.4. The van der Waals surface area contributed by atoms with Crippen molar-refractivity contribution in [3.8, 4) is 0 Å². The third-order valence-corrected chi connectivity index (χ3v) is 8.43. The van der Waals surface area contributed by atoms with Gasteiger partial charge in [-0.1, -0.05) is 115 Å². The summed E-state index contributed by atoms with van der Waals surface area (Å²) in [5.74, 6) is 0. The van der Waals surface area contributed by atoms with Crippen LogP contribution in [0.25, 0.3) is 0 Å². The Labute approximate surface area is 220 Å². The van der Waals surface area contributed by atoms with E-state index in [1.807, 2.05) is 12.1 Å². The number of likely N-dealkylation sites (tertiary alicyclic amines) is 1. The van der Waals surface area contributed by atoms with Crippen molar-refractivity contribution in [2.24, 2.45) is 0 Å². The minimum Gasteiger partial charge on any atom is -0.395 e. The third-order valence-electron chi connectivity index (χ3n) is 8.18. The standard InChI is InChI=1S/C33H34ClNO/c34-31-18-16-27(17-19-31)32(26-36)20-23-35(24-21-32)25-22-33(28-10-4-1-5-11-28,29-12-6-2-7-13-29)30-14-8-3-9-15-30/h1-19,36H,20-26H2. The van der Waals surface area contributed by atoms with Crippen LogP contribution in [-0.2, 0) is 10.8 Å². The van der Waals surface area contributed by atoms with Gasteiger partial charge in [-0.15, -0.1) is 0 Å². The first-order valence-corrected chi connectivity index (χ1v) is 13.3. The molecule has 36 heavy (non-hydrogen) atoms. The maximum atomic E-state index is 10.4. The van der Waals surface area contributed by atoms with Gasteiger partial charge in [-0.25, -0.2) is 0 Å². The van der Waals surface area contributed by atoms with Crippen LogP contribution in [0.3, 0.4) is 0 Å². The van der Waals surface area contributed by atoms with E-state index in [4.69, 9.17) is 11.6 Å². The van der Waals surface area contributed by atoms with E-state index in [0.29, 0.717) is 0 Å². The molecule has 0 unspecified atom stereocenters. The quantitative estimate of drug-likeness (QED) is 0.264. The highest BCUT2D eigenvalue weighted by molar-refractivity contribution is 6.30. The molecular weight excluding hydrogens is 462 g/mol. The van der Waals surface area contributed by atoms with E-state index in [1.165, 1.54) is 22.3 Å². The molecule has 0 aliphatic carbocycles. The fourth-order valence-electron chi connectivity index (χ4n) is 5.97. The summed E-state index contributed by atoms with van der Waals surface area (Å²) < 4.78 is 0. The minimum absolute atomic E-state index is 0.171. The van der Waals surface area contributed by atoms with Crippen molar-refractivity contribution in [1.29, 1.82) is 0 Å². The number of piperidine rings is 1. The first-order chi connectivity index (χ1) is 17.7. The Morgan fingerprint density at radius 2 is 1.11 bits per heavy atom. The zero-order valence-electron chi connectivity index (χ0n) is 20.7. The van der Waals surface area contributed by atoms with Gasteiger partial charge in [-0.05, 0) is 73.3 Å². The van der Waals surface area contributed by atoms with Gasteiger partial charge in [0, 0.05) is 15.9 Å². The van der Waals surface area contributed by atoms with E-state index in [9.17, 15) is 5.11 Å². The van der Waals surface area contributed by atoms with E-state index in [0.717, 1.165) is 43.9 Å². The van der Waals surface area contributed by atoms with Gasteiger partial charge in [0.2, 0.25) is 0 Å². The number of hydrogen-bond acceptors (Lipinski definition) is 2. The summed E-state index contributed by atoms with van der Waals surface area (Å²) in [7, 11) is 0. The lowest BCUT2D eigenvalue weighted by Crippen LogP contribution is -2.46.